The van der Waals surface area contributed by atoms with Crippen molar-refractivity contribution >= 4 is 57.8 Å². The second-order valence-electron chi connectivity index (χ2n) is 14.1. The molecule has 1 saturated carbocycles. The zero-order chi connectivity index (χ0) is 41.4. The molecule has 2 fully saturated rings. The number of aryl methyl sites for hydroxylation is 2. The summed E-state index contributed by atoms with van der Waals surface area (Å²) in [4.78, 5) is 71.8. The third-order valence-corrected chi connectivity index (χ3v) is 12.6. The maximum Gasteiger partial charge on any atom is 0.347 e. The number of methoxy groups -OCH3 is 3. The Morgan fingerprint density at radius 2 is 1.60 bits per heavy atom. The van der Waals surface area contributed by atoms with E-state index in [1.165, 1.54) is 53.5 Å². The number of amides is 2. The first-order chi connectivity index (χ1) is 27.7. The highest BCUT2D eigenvalue weighted by Gasteiger charge is 2.75. The van der Waals surface area contributed by atoms with Gasteiger partial charge < -0.3 is 23.9 Å². The van der Waals surface area contributed by atoms with Gasteiger partial charge in [0.25, 0.3) is 17.4 Å². The number of rotatable bonds is 9. The lowest BCUT2D eigenvalue weighted by atomic mass is 9.66. The number of hydrogen-bond donors (Lipinski definition) is 1. The molecule has 1 N–H and O–H groups in total. The van der Waals surface area contributed by atoms with Crippen LogP contribution in [0.2, 0.25) is 0 Å². The fourth-order valence-corrected chi connectivity index (χ4v) is 9.11. The molecular weight excluding hydrogens is 798 g/mol. The third-order valence-electron chi connectivity index (χ3n) is 11.2. The SMILES string of the molecule is COc1cc(C=CC2C3=CCn4c(=O)n(CCc5nc6cc(OC)c(OC)cc6n(C)c5=O)c(=O)n4C3CC3(Cl)C(=O)N(c4ccc(F)cc4)C(=O)C23Cl)ccc1O. The fraction of sp³-hybridized carbons (Fsp3) is 0.300. The number of fused-ring (bicyclic) bond motifs is 5. The Bertz CT molecular complexity index is 2810. The number of phenols is 1. The van der Waals surface area contributed by atoms with Gasteiger partial charge in [-0.15, -0.1) is 23.2 Å². The molecule has 2 amide bonds. The number of halogens is 3. The lowest BCUT2D eigenvalue weighted by Crippen LogP contribution is -2.60. The van der Waals surface area contributed by atoms with E-state index in [0.29, 0.717) is 33.7 Å². The number of carbonyl (C=O) groups excluding carboxylic acids is 2. The Balaban J connectivity index is 1.21. The Morgan fingerprint density at radius 1 is 0.914 bits per heavy atom. The maximum atomic E-state index is 14.5. The molecule has 3 aliphatic rings. The average Bonchev–Trinajstić information content (AvgIpc) is 3.55. The van der Waals surface area contributed by atoms with E-state index in [1.807, 2.05) is 0 Å². The first-order valence-corrected chi connectivity index (χ1v) is 18.7. The summed E-state index contributed by atoms with van der Waals surface area (Å²) in [6, 6.07) is 11.5. The quantitative estimate of drug-likeness (QED) is 0.131. The van der Waals surface area contributed by atoms with Crippen LogP contribution in [0, 0.1) is 11.7 Å². The molecule has 5 aromatic rings. The Morgan fingerprint density at radius 3 is 2.29 bits per heavy atom. The number of aromatic hydroxyl groups is 1. The van der Waals surface area contributed by atoms with Crippen molar-refractivity contribution in [3.63, 3.8) is 0 Å². The van der Waals surface area contributed by atoms with Gasteiger partial charge in [-0.1, -0.05) is 24.3 Å². The van der Waals surface area contributed by atoms with Crippen LogP contribution in [0.1, 0.15) is 23.7 Å². The normalized spacial score (nSPS) is 22.5. The lowest BCUT2D eigenvalue weighted by Gasteiger charge is -2.47. The largest absolute Gasteiger partial charge is 0.504 e. The van der Waals surface area contributed by atoms with Crippen molar-refractivity contribution in [2.45, 2.75) is 41.7 Å². The highest BCUT2D eigenvalue weighted by molar-refractivity contribution is 6.57. The molecule has 2 aliphatic heterocycles. The summed E-state index contributed by atoms with van der Waals surface area (Å²) in [7, 11) is 5.91. The number of carbonyl (C=O) groups is 2. The van der Waals surface area contributed by atoms with Crippen LogP contribution in [0.5, 0.6) is 23.0 Å². The number of hydrogen-bond acceptors (Lipinski definition) is 10. The standard InChI is InChI=1S/C40H35Cl2FN6O9/c1-45-28-19-33(58-4)32(57-3)18-27(28)44-26(34(45)51)14-15-46-37(54)47-16-13-24-25(11-5-21-6-12-30(50)31(17-21)56-2)40(42)36(53)48(23-9-7-22(43)8-10-23)35(52)39(40,41)20-29(24)49(47)38(46)55/h5-13,17-19,25,29,50H,14-16,20H2,1-4H3. The van der Waals surface area contributed by atoms with Crippen LogP contribution in [-0.4, -0.2) is 71.5 Å². The Kier molecular flexibility index (Phi) is 9.39. The van der Waals surface area contributed by atoms with E-state index in [4.69, 9.17) is 37.4 Å². The minimum Gasteiger partial charge on any atom is -0.504 e. The molecule has 4 atom stereocenters. The second kappa shape index (κ2) is 14.1. The van der Waals surface area contributed by atoms with Gasteiger partial charge in [0.1, 0.15) is 11.5 Å². The van der Waals surface area contributed by atoms with Crippen LogP contribution >= 0.6 is 23.2 Å². The molecule has 3 aromatic carbocycles. The van der Waals surface area contributed by atoms with E-state index in [0.717, 1.165) is 21.6 Å². The molecule has 1 saturated heterocycles. The van der Waals surface area contributed by atoms with Crippen LogP contribution in [0.25, 0.3) is 17.1 Å². The number of anilines is 1. The minimum atomic E-state index is -2.17. The summed E-state index contributed by atoms with van der Waals surface area (Å²) in [5, 5.41) is 10.2. The van der Waals surface area contributed by atoms with Crippen LogP contribution in [-0.2, 0) is 36.1 Å². The van der Waals surface area contributed by atoms with Gasteiger partial charge in [-0.3, -0.25) is 14.4 Å². The van der Waals surface area contributed by atoms with E-state index >= 15 is 0 Å². The fourth-order valence-electron chi connectivity index (χ4n) is 8.24. The number of phenolic OH excluding ortho intramolecular Hbond substituents is 1. The summed E-state index contributed by atoms with van der Waals surface area (Å²) in [6.45, 7) is -0.324. The van der Waals surface area contributed by atoms with Crippen molar-refractivity contribution in [2.24, 2.45) is 13.0 Å². The lowest BCUT2D eigenvalue weighted by molar-refractivity contribution is -0.122. The molecule has 2 aromatic heterocycles. The molecule has 18 heteroatoms. The van der Waals surface area contributed by atoms with Crippen molar-refractivity contribution in [3.05, 3.63) is 121 Å². The van der Waals surface area contributed by atoms with Crippen molar-refractivity contribution in [2.75, 3.05) is 26.2 Å². The number of alkyl halides is 2. The second-order valence-corrected chi connectivity index (χ2v) is 15.4. The van der Waals surface area contributed by atoms with Crippen molar-refractivity contribution in [1.82, 2.24) is 23.5 Å². The molecular formula is C40H35Cl2FN6O9. The van der Waals surface area contributed by atoms with E-state index in [9.17, 15) is 33.5 Å². The first-order valence-electron chi connectivity index (χ1n) is 18.0. The van der Waals surface area contributed by atoms with Gasteiger partial charge in [0.05, 0.1) is 50.6 Å². The van der Waals surface area contributed by atoms with Crippen molar-refractivity contribution < 1.29 is 33.3 Å². The maximum absolute atomic E-state index is 14.5. The molecule has 4 unspecified atom stereocenters. The predicted octanol–water partition coefficient (Wildman–Crippen LogP) is 3.91. The molecule has 1 aliphatic carbocycles. The van der Waals surface area contributed by atoms with Gasteiger partial charge in [-0.2, -0.15) is 0 Å². The smallest absolute Gasteiger partial charge is 0.347 e. The number of benzene rings is 3. The molecule has 58 heavy (non-hydrogen) atoms. The third kappa shape index (κ3) is 5.60. The summed E-state index contributed by atoms with van der Waals surface area (Å²) in [5.41, 5.74) is 0.167. The highest BCUT2D eigenvalue weighted by atomic mass is 35.5. The topological polar surface area (TPSA) is 169 Å². The molecule has 0 bridgehead atoms. The monoisotopic (exact) mass is 832 g/mol. The van der Waals surface area contributed by atoms with Crippen LogP contribution < -0.4 is 36.0 Å². The van der Waals surface area contributed by atoms with Crippen LogP contribution in [0.4, 0.5) is 10.1 Å². The van der Waals surface area contributed by atoms with Gasteiger partial charge in [0.2, 0.25) is 0 Å². The molecule has 15 nitrogen and oxygen atoms in total. The summed E-state index contributed by atoms with van der Waals surface area (Å²) < 4.78 is 34.8. The van der Waals surface area contributed by atoms with Gasteiger partial charge in [0.15, 0.2) is 32.7 Å². The number of ether oxygens (including phenoxy) is 3. The average molecular weight is 834 g/mol. The zero-order valence-corrected chi connectivity index (χ0v) is 33.0. The van der Waals surface area contributed by atoms with Crippen LogP contribution in [0.15, 0.2) is 86.7 Å². The highest BCUT2D eigenvalue weighted by Crippen LogP contribution is 2.61. The minimum absolute atomic E-state index is 0.0417. The molecule has 0 spiro atoms. The van der Waals surface area contributed by atoms with Gasteiger partial charge in [-0.05, 0) is 47.5 Å². The Labute approximate surface area is 338 Å². The summed E-state index contributed by atoms with van der Waals surface area (Å²) in [5.74, 6) is -2.59. The first kappa shape index (κ1) is 38.7. The molecule has 0 radical (unpaired) electrons. The van der Waals surface area contributed by atoms with Gasteiger partial charge in [-0.25, -0.2) is 37.8 Å². The van der Waals surface area contributed by atoms with E-state index in [2.05, 4.69) is 4.98 Å². The molecule has 4 heterocycles. The van der Waals surface area contributed by atoms with E-state index in [-0.39, 0.29) is 48.8 Å². The number of aromatic nitrogens is 5. The molecule has 300 valence electrons. The summed E-state index contributed by atoms with van der Waals surface area (Å²) >= 11 is 14.7. The number of nitrogens with zero attached hydrogens (tertiary/aromatic N) is 6. The van der Waals surface area contributed by atoms with Crippen molar-refractivity contribution in [3.8, 4) is 23.0 Å². The molecule has 8 rings (SSSR count). The zero-order valence-electron chi connectivity index (χ0n) is 31.4. The van der Waals surface area contributed by atoms with Crippen LogP contribution in [0.3, 0.4) is 0 Å². The number of allylic oxidation sites excluding steroid dienone is 3. The van der Waals surface area contributed by atoms with Crippen molar-refractivity contribution in [1.29, 1.82) is 0 Å². The van der Waals surface area contributed by atoms with Gasteiger partial charge in [0, 0.05) is 44.5 Å². The number of imide groups is 1. The Hall–Kier alpha value is -6.13. The summed E-state index contributed by atoms with van der Waals surface area (Å²) in [6.07, 6.45) is 4.43. The van der Waals surface area contributed by atoms with Gasteiger partial charge >= 0.3 is 11.4 Å². The van der Waals surface area contributed by atoms with E-state index in [1.54, 1.807) is 49.5 Å². The predicted molar refractivity (Wildman–Crippen MR) is 212 cm³/mol. The van der Waals surface area contributed by atoms with E-state index < -0.39 is 56.3 Å².